The summed E-state index contributed by atoms with van der Waals surface area (Å²) in [4.78, 5) is 31.1. The maximum atomic E-state index is 12.7. The molecule has 4 rings (SSSR count). The summed E-state index contributed by atoms with van der Waals surface area (Å²) in [5.41, 5.74) is -0.0272. The fourth-order valence-corrected chi connectivity index (χ4v) is 4.98. The van der Waals surface area contributed by atoms with Crippen LogP contribution in [0.4, 0.5) is 10.6 Å². The van der Waals surface area contributed by atoms with Gasteiger partial charge in [0, 0.05) is 49.2 Å². The molecule has 1 aromatic rings. The summed E-state index contributed by atoms with van der Waals surface area (Å²) in [6, 6.07) is 3.51. The highest BCUT2D eigenvalue weighted by molar-refractivity contribution is 6.30. The first-order valence-corrected chi connectivity index (χ1v) is 10.3. The maximum Gasteiger partial charge on any atom is 0.317 e. The van der Waals surface area contributed by atoms with Crippen LogP contribution in [0.3, 0.4) is 0 Å². The van der Waals surface area contributed by atoms with Crippen LogP contribution in [0.5, 0.6) is 0 Å². The maximum absolute atomic E-state index is 12.7. The Morgan fingerprint density at radius 1 is 1.25 bits per heavy atom. The predicted octanol–water partition coefficient (Wildman–Crippen LogP) is 2.91. The van der Waals surface area contributed by atoms with Gasteiger partial charge in [0.05, 0.1) is 11.1 Å². The number of nitrogens with zero attached hydrogens (tertiary/aromatic N) is 2. The fraction of sp³-hybridized carbons (Fsp3) is 0.650. The molecule has 0 radical (unpaired) electrons. The molecular formula is C20H27ClN4O3. The summed E-state index contributed by atoms with van der Waals surface area (Å²) in [6.45, 7) is 6.26. The zero-order valence-electron chi connectivity index (χ0n) is 16.3. The summed E-state index contributed by atoms with van der Waals surface area (Å²) < 4.78 is 5.80. The molecule has 0 bridgehead atoms. The van der Waals surface area contributed by atoms with Crippen molar-refractivity contribution in [2.75, 3.05) is 25.0 Å². The van der Waals surface area contributed by atoms with Crippen LogP contribution < -0.4 is 10.6 Å². The third-order valence-electron chi connectivity index (χ3n) is 6.51. The Morgan fingerprint density at radius 2 is 2.00 bits per heavy atom. The Morgan fingerprint density at radius 3 is 2.68 bits per heavy atom. The predicted molar refractivity (Wildman–Crippen MR) is 106 cm³/mol. The number of likely N-dealkylation sites (tertiary alicyclic amines) is 1. The van der Waals surface area contributed by atoms with Gasteiger partial charge in [-0.25, -0.2) is 9.78 Å². The summed E-state index contributed by atoms with van der Waals surface area (Å²) in [5.74, 6) is 0.750. The van der Waals surface area contributed by atoms with Gasteiger partial charge in [0.15, 0.2) is 0 Å². The number of carbonyl (C=O) groups is 2. The highest BCUT2D eigenvalue weighted by Gasteiger charge is 2.60. The number of nitrogens with one attached hydrogen (secondary N) is 2. The van der Waals surface area contributed by atoms with Gasteiger partial charge in [0.1, 0.15) is 5.82 Å². The van der Waals surface area contributed by atoms with Crippen molar-refractivity contribution < 1.29 is 14.3 Å². The molecule has 2 N–H and O–H groups in total. The largest absolute Gasteiger partial charge is 0.377 e. The molecule has 0 aromatic carbocycles. The third-order valence-corrected chi connectivity index (χ3v) is 6.73. The SMILES string of the molecule is CC1(C)C(NC(=O)N2CCC(C(=O)Nc3ccc(Cl)cn3)CC2)C2CCOC21. The molecule has 1 saturated carbocycles. The van der Waals surface area contributed by atoms with Gasteiger partial charge in [0.25, 0.3) is 0 Å². The molecule has 1 aliphatic carbocycles. The van der Waals surface area contributed by atoms with Crippen LogP contribution in [0.1, 0.15) is 33.1 Å². The average Bonchev–Trinajstić information content (AvgIpc) is 3.15. The number of hydrogen-bond donors (Lipinski definition) is 2. The number of rotatable bonds is 3. The monoisotopic (exact) mass is 406 g/mol. The molecule has 0 spiro atoms. The Balaban J connectivity index is 1.26. The first-order chi connectivity index (χ1) is 13.4. The van der Waals surface area contributed by atoms with E-state index in [9.17, 15) is 9.59 Å². The molecule has 3 aliphatic rings. The van der Waals surface area contributed by atoms with E-state index < -0.39 is 0 Å². The van der Waals surface area contributed by atoms with Crippen molar-refractivity contribution in [2.45, 2.75) is 45.3 Å². The first kappa shape index (κ1) is 19.5. The molecule has 3 atom stereocenters. The number of aromatic nitrogens is 1. The molecule has 28 heavy (non-hydrogen) atoms. The van der Waals surface area contributed by atoms with Gasteiger partial charge in [-0.05, 0) is 31.4 Å². The van der Waals surface area contributed by atoms with Crippen LogP contribution in [-0.4, -0.2) is 53.7 Å². The van der Waals surface area contributed by atoms with E-state index in [1.54, 1.807) is 12.1 Å². The number of ether oxygens (including phenoxy) is 1. The van der Waals surface area contributed by atoms with Crippen LogP contribution in [-0.2, 0) is 9.53 Å². The third kappa shape index (κ3) is 3.57. The Bertz CT molecular complexity index is 746. The smallest absolute Gasteiger partial charge is 0.317 e. The van der Waals surface area contributed by atoms with Crippen molar-refractivity contribution in [3.8, 4) is 0 Å². The molecule has 3 unspecified atom stereocenters. The minimum Gasteiger partial charge on any atom is -0.377 e. The van der Waals surface area contributed by atoms with Crippen LogP contribution >= 0.6 is 11.6 Å². The van der Waals surface area contributed by atoms with Gasteiger partial charge in [0.2, 0.25) is 5.91 Å². The van der Waals surface area contributed by atoms with E-state index in [1.807, 2.05) is 4.90 Å². The molecule has 8 heteroatoms. The number of piperidine rings is 1. The van der Waals surface area contributed by atoms with Crippen molar-refractivity contribution in [1.29, 1.82) is 0 Å². The second kappa shape index (κ2) is 7.52. The van der Waals surface area contributed by atoms with Crippen molar-refractivity contribution in [1.82, 2.24) is 15.2 Å². The number of amides is 3. The number of urea groups is 1. The number of anilines is 1. The Hall–Kier alpha value is -1.86. The highest BCUT2D eigenvalue weighted by Crippen LogP contribution is 2.52. The van der Waals surface area contributed by atoms with Crippen LogP contribution in [0.25, 0.3) is 0 Å². The van der Waals surface area contributed by atoms with E-state index in [4.69, 9.17) is 16.3 Å². The molecule has 3 amide bonds. The zero-order valence-corrected chi connectivity index (χ0v) is 17.0. The van der Waals surface area contributed by atoms with E-state index in [2.05, 4.69) is 29.5 Å². The van der Waals surface area contributed by atoms with Gasteiger partial charge >= 0.3 is 6.03 Å². The molecule has 3 fully saturated rings. The quantitative estimate of drug-likeness (QED) is 0.808. The molecule has 1 aromatic heterocycles. The van der Waals surface area contributed by atoms with Crippen LogP contribution in [0, 0.1) is 17.3 Å². The standard InChI is InChI=1S/C20H27ClN4O3/c1-20(2)16(14-7-10-28-17(14)20)24-19(27)25-8-5-12(6-9-25)18(26)23-15-4-3-13(21)11-22-15/h3-4,11-12,14,16-17H,5-10H2,1-2H3,(H,24,27)(H,22,23,26). The number of fused-ring (bicyclic) bond motifs is 1. The van der Waals surface area contributed by atoms with Crippen LogP contribution in [0.15, 0.2) is 18.3 Å². The van der Waals surface area contributed by atoms with Gasteiger partial charge in [-0.3, -0.25) is 4.79 Å². The second-order valence-corrected chi connectivity index (χ2v) is 9.04. The van der Waals surface area contributed by atoms with E-state index in [0.717, 1.165) is 13.0 Å². The molecular weight excluding hydrogens is 380 g/mol. The average molecular weight is 407 g/mol. The van der Waals surface area contributed by atoms with Crippen molar-refractivity contribution in [3.05, 3.63) is 23.4 Å². The van der Waals surface area contributed by atoms with Gasteiger partial charge in [-0.2, -0.15) is 0 Å². The summed E-state index contributed by atoms with van der Waals surface area (Å²) in [7, 11) is 0. The normalized spacial score (nSPS) is 29.0. The minimum absolute atomic E-state index is 0.0262. The van der Waals surface area contributed by atoms with Gasteiger partial charge in [-0.15, -0.1) is 0 Å². The minimum atomic E-state index is -0.116. The van der Waals surface area contributed by atoms with E-state index in [0.29, 0.717) is 42.7 Å². The highest BCUT2D eigenvalue weighted by atomic mass is 35.5. The van der Waals surface area contributed by atoms with Crippen LogP contribution in [0.2, 0.25) is 5.02 Å². The first-order valence-electron chi connectivity index (χ1n) is 9.95. The zero-order chi connectivity index (χ0) is 19.9. The summed E-state index contributed by atoms with van der Waals surface area (Å²) >= 11 is 5.81. The van der Waals surface area contributed by atoms with Crippen molar-refractivity contribution >= 4 is 29.4 Å². The summed E-state index contributed by atoms with van der Waals surface area (Å²) in [5, 5.41) is 6.58. The lowest BCUT2D eigenvalue weighted by molar-refractivity contribution is -0.121. The fourth-order valence-electron chi connectivity index (χ4n) is 4.86. The van der Waals surface area contributed by atoms with Gasteiger partial charge < -0.3 is 20.3 Å². The van der Waals surface area contributed by atoms with Gasteiger partial charge in [-0.1, -0.05) is 25.4 Å². The molecule has 2 saturated heterocycles. The Kier molecular flexibility index (Phi) is 5.22. The molecule has 2 aliphatic heterocycles. The van der Waals surface area contributed by atoms with E-state index >= 15 is 0 Å². The molecule has 7 nitrogen and oxygen atoms in total. The number of carbonyl (C=O) groups excluding carboxylic acids is 2. The molecule has 152 valence electrons. The van der Waals surface area contributed by atoms with E-state index in [1.165, 1.54) is 6.20 Å². The molecule has 3 heterocycles. The summed E-state index contributed by atoms with van der Waals surface area (Å²) in [6.07, 6.45) is 4.08. The lowest BCUT2D eigenvalue weighted by Crippen LogP contribution is -2.68. The van der Waals surface area contributed by atoms with Crippen molar-refractivity contribution in [2.24, 2.45) is 17.3 Å². The number of hydrogen-bond acceptors (Lipinski definition) is 4. The number of halogens is 1. The lowest BCUT2D eigenvalue weighted by Gasteiger charge is -2.54. The lowest BCUT2D eigenvalue weighted by atomic mass is 9.57. The second-order valence-electron chi connectivity index (χ2n) is 8.60. The topological polar surface area (TPSA) is 83.6 Å². The van der Waals surface area contributed by atoms with Crippen molar-refractivity contribution in [3.63, 3.8) is 0 Å². The van der Waals surface area contributed by atoms with E-state index in [-0.39, 0.29) is 35.4 Å². The Labute approximate surface area is 170 Å². The number of pyridine rings is 1.